The van der Waals surface area contributed by atoms with Crippen LogP contribution in [0.25, 0.3) is 5.69 Å². The standard InChI is InChI=1S/C16H19FN4O2/c1-11-8-18-21(9-11)15-5-4-12(7-14(15)17)19-16(23)20-6-2-3-13(20)10-22/h4-5,7-9,13,22H,2-3,6,10H2,1H3,(H,19,23)/t13-/m1/s1. The van der Waals surface area contributed by atoms with Gasteiger partial charge in [-0.1, -0.05) is 0 Å². The molecular weight excluding hydrogens is 299 g/mol. The largest absolute Gasteiger partial charge is 0.394 e. The molecular formula is C16H19FN4O2. The van der Waals surface area contributed by atoms with E-state index in [1.165, 1.54) is 10.7 Å². The van der Waals surface area contributed by atoms with Crippen LogP contribution in [-0.2, 0) is 0 Å². The van der Waals surface area contributed by atoms with Gasteiger partial charge in [0.15, 0.2) is 5.82 Å². The van der Waals surface area contributed by atoms with E-state index >= 15 is 0 Å². The van der Waals surface area contributed by atoms with Crippen molar-refractivity contribution >= 4 is 11.7 Å². The Morgan fingerprint density at radius 2 is 2.35 bits per heavy atom. The third kappa shape index (κ3) is 3.19. The molecule has 0 unspecified atom stereocenters. The first-order valence-corrected chi connectivity index (χ1v) is 7.58. The van der Waals surface area contributed by atoms with Crippen molar-refractivity contribution < 1.29 is 14.3 Å². The van der Waals surface area contributed by atoms with Gasteiger partial charge in [0, 0.05) is 18.4 Å². The number of carbonyl (C=O) groups is 1. The van der Waals surface area contributed by atoms with Crippen LogP contribution in [-0.4, -0.2) is 45.0 Å². The number of benzene rings is 1. The maximum Gasteiger partial charge on any atom is 0.322 e. The summed E-state index contributed by atoms with van der Waals surface area (Å²) in [6.07, 6.45) is 5.03. The molecule has 1 atom stereocenters. The molecule has 2 N–H and O–H groups in total. The van der Waals surface area contributed by atoms with Crippen molar-refractivity contribution in [1.29, 1.82) is 0 Å². The zero-order chi connectivity index (χ0) is 16.4. The minimum Gasteiger partial charge on any atom is -0.394 e. The molecule has 0 radical (unpaired) electrons. The molecule has 2 amide bonds. The van der Waals surface area contributed by atoms with E-state index in [1.807, 2.05) is 6.92 Å². The first kappa shape index (κ1) is 15.5. The van der Waals surface area contributed by atoms with Crippen molar-refractivity contribution in [3.63, 3.8) is 0 Å². The van der Waals surface area contributed by atoms with Crippen molar-refractivity contribution in [1.82, 2.24) is 14.7 Å². The molecule has 1 aliphatic rings. The lowest BCUT2D eigenvalue weighted by atomic mass is 10.2. The molecule has 2 aromatic rings. The number of aryl methyl sites for hydroxylation is 1. The number of rotatable bonds is 3. The van der Waals surface area contributed by atoms with Gasteiger partial charge in [-0.25, -0.2) is 13.9 Å². The summed E-state index contributed by atoms with van der Waals surface area (Å²) in [5.41, 5.74) is 1.64. The highest BCUT2D eigenvalue weighted by atomic mass is 19.1. The number of hydrogen-bond donors (Lipinski definition) is 2. The van der Waals surface area contributed by atoms with Crippen LogP contribution in [0, 0.1) is 12.7 Å². The van der Waals surface area contributed by atoms with Crippen LogP contribution >= 0.6 is 0 Å². The summed E-state index contributed by atoms with van der Waals surface area (Å²) in [4.78, 5) is 13.8. The van der Waals surface area contributed by atoms with E-state index < -0.39 is 5.82 Å². The molecule has 23 heavy (non-hydrogen) atoms. The highest BCUT2D eigenvalue weighted by Crippen LogP contribution is 2.21. The van der Waals surface area contributed by atoms with Crippen molar-refractivity contribution in [3.05, 3.63) is 42.0 Å². The van der Waals surface area contributed by atoms with Crippen molar-refractivity contribution in [2.75, 3.05) is 18.5 Å². The highest BCUT2D eigenvalue weighted by molar-refractivity contribution is 5.89. The number of anilines is 1. The lowest BCUT2D eigenvalue weighted by Gasteiger charge is -2.23. The molecule has 1 fully saturated rings. The fourth-order valence-electron chi connectivity index (χ4n) is 2.80. The van der Waals surface area contributed by atoms with Gasteiger partial charge < -0.3 is 15.3 Å². The van der Waals surface area contributed by atoms with Gasteiger partial charge in [0.1, 0.15) is 5.69 Å². The monoisotopic (exact) mass is 318 g/mol. The maximum atomic E-state index is 14.2. The smallest absolute Gasteiger partial charge is 0.322 e. The molecule has 0 aliphatic carbocycles. The minimum absolute atomic E-state index is 0.0562. The minimum atomic E-state index is -0.467. The third-order valence-corrected chi connectivity index (χ3v) is 4.01. The van der Waals surface area contributed by atoms with Gasteiger partial charge in [-0.3, -0.25) is 0 Å². The third-order valence-electron chi connectivity index (χ3n) is 4.01. The van der Waals surface area contributed by atoms with E-state index in [9.17, 15) is 14.3 Å². The molecule has 0 saturated carbocycles. The SMILES string of the molecule is Cc1cnn(-c2ccc(NC(=O)N3CCC[C@@H]3CO)cc2F)c1. The number of halogens is 1. The van der Waals surface area contributed by atoms with Gasteiger partial charge in [-0.2, -0.15) is 5.10 Å². The number of urea groups is 1. The van der Waals surface area contributed by atoms with Gasteiger partial charge in [0.05, 0.1) is 18.8 Å². The number of aromatic nitrogens is 2. The molecule has 1 aromatic heterocycles. The second-order valence-electron chi connectivity index (χ2n) is 5.73. The number of carbonyl (C=O) groups excluding carboxylic acids is 1. The van der Waals surface area contributed by atoms with E-state index in [-0.39, 0.29) is 18.7 Å². The number of nitrogens with zero attached hydrogens (tertiary/aromatic N) is 3. The lowest BCUT2D eigenvalue weighted by molar-refractivity contribution is 0.166. The molecule has 2 heterocycles. The molecule has 7 heteroatoms. The van der Waals surface area contributed by atoms with E-state index in [0.29, 0.717) is 17.9 Å². The molecule has 0 spiro atoms. The molecule has 1 aliphatic heterocycles. The average molecular weight is 318 g/mol. The van der Waals surface area contributed by atoms with Gasteiger partial charge in [0.25, 0.3) is 0 Å². The van der Waals surface area contributed by atoms with Crippen LogP contribution in [0.1, 0.15) is 18.4 Å². The van der Waals surface area contributed by atoms with E-state index in [4.69, 9.17) is 0 Å². The van der Waals surface area contributed by atoms with Crippen molar-refractivity contribution in [2.24, 2.45) is 0 Å². The number of likely N-dealkylation sites (tertiary alicyclic amines) is 1. The average Bonchev–Trinajstić information content (AvgIpc) is 3.16. The maximum absolute atomic E-state index is 14.2. The summed E-state index contributed by atoms with van der Waals surface area (Å²) in [6, 6.07) is 4.01. The first-order valence-electron chi connectivity index (χ1n) is 7.58. The summed E-state index contributed by atoms with van der Waals surface area (Å²) < 4.78 is 15.7. The van der Waals surface area contributed by atoms with Crippen LogP contribution in [0.4, 0.5) is 14.9 Å². The summed E-state index contributed by atoms with van der Waals surface area (Å²) in [5, 5.41) is 16.0. The van der Waals surface area contributed by atoms with Gasteiger partial charge >= 0.3 is 6.03 Å². The molecule has 0 bridgehead atoms. The van der Waals surface area contributed by atoms with Gasteiger partial charge in [0.2, 0.25) is 0 Å². The molecule has 1 aromatic carbocycles. The Bertz CT molecular complexity index is 716. The summed E-state index contributed by atoms with van der Waals surface area (Å²) in [7, 11) is 0. The molecule has 6 nitrogen and oxygen atoms in total. The normalized spacial score (nSPS) is 17.5. The van der Waals surface area contributed by atoms with Crippen LogP contribution in [0.15, 0.2) is 30.6 Å². The Labute approximate surface area is 133 Å². The Kier molecular flexibility index (Phi) is 4.29. The first-order chi connectivity index (χ1) is 11.1. The summed E-state index contributed by atoms with van der Waals surface area (Å²) in [6.45, 7) is 2.42. The predicted octanol–water partition coefficient (Wildman–Crippen LogP) is 2.31. The van der Waals surface area contributed by atoms with Crippen LogP contribution < -0.4 is 5.32 Å². The zero-order valence-electron chi connectivity index (χ0n) is 12.9. The zero-order valence-corrected chi connectivity index (χ0v) is 12.9. The van der Waals surface area contributed by atoms with Crippen LogP contribution in [0.3, 0.4) is 0 Å². The quantitative estimate of drug-likeness (QED) is 0.912. The number of aliphatic hydroxyl groups is 1. The number of hydrogen-bond acceptors (Lipinski definition) is 3. The number of nitrogens with one attached hydrogen (secondary N) is 1. The Hall–Kier alpha value is -2.41. The second-order valence-corrected chi connectivity index (χ2v) is 5.73. The van der Waals surface area contributed by atoms with Gasteiger partial charge in [-0.15, -0.1) is 0 Å². The fraction of sp³-hybridized carbons (Fsp3) is 0.375. The lowest BCUT2D eigenvalue weighted by Crippen LogP contribution is -2.40. The number of aliphatic hydroxyl groups excluding tert-OH is 1. The van der Waals surface area contributed by atoms with Crippen LogP contribution in [0.2, 0.25) is 0 Å². The Balaban J connectivity index is 1.74. The number of amides is 2. The summed E-state index contributed by atoms with van der Waals surface area (Å²) in [5.74, 6) is -0.467. The molecule has 1 saturated heterocycles. The predicted molar refractivity (Wildman–Crippen MR) is 84.1 cm³/mol. The fourth-order valence-corrected chi connectivity index (χ4v) is 2.80. The van der Waals surface area contributed by atoms with Crippen LogP contribution in [0.5, 0.6) is 0 Å². The Morgan fingerprint density at radius 3 is 3.00 bits per heavy atom. The van der Waals surface area contributed by atoms with E-state index in [2.05, 4.69) is 10.4 Å². The van der Waals surface area contributed by atoms with Gasteiger partial charge in [-0.05, 0) is 43.5 Å². The highest BCUT2D eigenvalue weighted by Gasteiger charge is 2.28. The van der Waals surface area contributed by atoms with Crippen molar-refractivity contribution in [2.45, 2.75) is 25.8 Å². The van der Waals surface area contributed by atoms with E-state index in [0.717, 1.165) is 18.4 Å². The van der Waals surface area contributed by atoms with E-state index in [1.54, 1.807) is 29.4 Å². The second kappa shape index (κ2) is 6.37. The molecule has 122 valence electrons. The molecule has 3 rings (SSSR count). The Morgan fingerprint density at radius 1 is 1.52 bits per heavy atom. The van der Waals surface area contributed by atoms with Crippen molar-refractivity contribution in [3.8, 4) is 5.69 Å². The summed E-state index contributed by atoms with van der Waals surface area (Å²) >= 11 is 0. The topological polar surface area (TPSA) is 70.4 Å².